The fraction of sp³-hybridized carbons (Fsp3) is 1.00. The van der Waals surface area contributed by atoms with Crippen molar-refractivity contribution in [3.8, 4) is 0 Å². The third-order valence-electron chi connectivity index (χ3n) is 3.29. The average Bonchev–Trinajstić information content (AvgIpc) is 1.80. The minimum Gasteiger partial charge on any atom is -0.330 e. The van der Waals surface area contributed by atoms with Crippen molar-refractivity contribution in [1.82, 2.24) is 0 Å². The molecule has 0 atom stereocenters. The van der Waals surface area contributed by atoms with E-state index in [0.29, 0.717) is 12.5 Å². The van der Waals surface area contributed by atoms with Gasteiger partial charge in [0, 0.05) is 12.8 Å². The molecule has 0 amide bonds. The molecule has 2 saturated carbocycles. The van der Waals surface area contributed by atoms with Crippen molar-refractivity contribution in [1.29, 1.82) is 0 Å². The molecule has 3 heteroatoms. The SMILES string of the molecule is NCCC1CC2(C1)CC(F)(F)C2. The van der Waals surface area contributed by atoms with Crippen LogP contribution < -0.4 is 5.73 Å². The second kappa shape index (κ2) is 2.41. The van der Waals surface area contributed by atoms with Crippen molar-refractivity contribution in [3.63, 3.8) is 0 Å². The number of nitrogens with two attached hydrogens (primary N) is 1. The van der Waals surface area contributed by atoms with Gasteiger partial charge in [-0.25, -0.2) is 8.78 Å². The Morgan fingerprint density at radius 1 is 1.25 bits per heavy atom. The fourth-order valence-electron chi connectivity index (χ4n) is 2.94. The zero-order valence-corrected chi connectivity index (χ0v) is 7.15. The van der Waals surface area contributed by atoms with Crippen molar-refractivity contribution in [2.24, 2.45) is 17.1 Å². The van der Waals surface area contributed by atoms with Crippen LogP contribution in [0.3, 0.4) is 0 Å². The second-order valence-electron chi connectivity index (χ2n) is 4.56. The van der Waals surface area contributed by atoms with E-state index in [1.165, 1.54) is 0 Å². The summed E-state index contributed by atoms with van der Waals surface area (Å²) in [5, 5.41) is 0. The van der Waals surface area contributed by atoms with Gasteiger partial charge in [0.05, 0.1) is 0 Å². The summed E-state index contributed by atoms with van der Waals surface area (Å²) >= 11 is 0. The van der Waals surface area contributed by atoms with Gasteiger partial charge in [-0.15, -0.1) is 0 Å². The van der Waals surface area contributed by atoms with E-state index in [0.717, 1.165) is 19.3 Å². The Hall–Kier alpha value is -0.180. The average molecular weight is 175 g/mol. The zero-order chi connectivity index (χ0) is 8.82. The Bertz CT molecular complexity index is 175. The highest BCUT2D eigenvalue weighted by atomic mass is 19.3. The minimum absolute atomic E-state index is 0.0450. The van der Waals surface area contributed by atoms with Crippen molar-refractivity contribution in [2.75, 3.05) is 6.54 Å². The van der Waals surface area contributed by atoms with Gasteiger partial charge in [-0.1, -0.05) is 0 Å². The Labute approximate surface area is 71.3 Å². The molecular weight excluding hydrogens is 160 g/mol. The van der Waals surface area contributed by atoms with Gasteiger partial charge in [0.25, 0.3) is 0 Å². The van der Waals surface area contributed by atoms with E-state index in [1.54, 1.807) is 0 Å². The predicted octanol–water partition coefficient (Wildman–Crippen LogP) is 2.16. The molecule has 1 nitrogen and oxygen atoms in total. The van der Waals surface area contributed by atoms with Crippen LogP contribution in [0, 0.1) is 11.3 Å². The van der Waals surface area contributed by atoms with Gasteiger partial charge in [-0.2, -0.15) is 0 Å². The molecule has 0 aromatic carbocycles. The lowest BCUT2D eigenvalue weighted by Gasteiger charge is -2.57. The predicted molar refractivity (Wildman–Crippen MR) is 43.0 cm³/mol. The Morgan fingerprint density at radius 2 is 1.83 bits per heavy atom. The van der Waals surface area contributed by atoms with Crippen LogP contribution in [0.5, 0.6) is 0 Å². The third-order valence-corrected chi connectivity index (χ3v) is 3.29. The van der Waals surface area contributed by atoms with Crippen molar-refractivity contribution in [3.05, 3.63) is 0 Å². The van der Waals surface area contributed by atoms with Gasteiger partial charge < -0.3 is 5.73 Å². The van der Waals surface area contributed by atoms with E-state index in [9.17, 15) is 8.78 Å². The highest BCUT2D eigenvalue weighted by Gasteiger charge is 2.61. The van der Waals surface area contributed by atoms with Gasteiger partial charge in [-0.05, 0) is 37.1 Å². The zero-order valence-electron chi connectivity index (χ0n) is 7.15. The first-order valence-electron chi connectivity index (χ1n) is 4.63. The first kappa shape index (κ1) is 8.42. The van der Waals surface area contributed by atoms with Gasteiger partial charge >= 0.3 is 0 Å². The lowest BCUT2D eigenvalue weighted by molar-refractivity contribution is -0.206. The molecule has 2 fully saturated rings. The summed E-state index contributed by atoms with van der Waals surface area (Å²) < 4.78 is 25.1. The topological polar surface area (TPSA) is 26.0 Å². The minimum atomic E-state index is -2.34. The first-order chi connectivity index (χ1) is 5.55. The molecule has 0 radical (unpaired) electrons. The molecular formula is C9H15F2N. The number of hydrogen-bond donors (Lipinski definition) is 1. The smallest absolute Gasteiger partial charge is 0.249 e. The third kappa shape index (κ3) is 1.24. The Morgan fingerprint density at radius 3 is 2.25 bits per heavy atom. The van der Waals surface area contributed by atoms with E-state index in [2.05, 4.69) is 0 Å². The van der Waals surface area contributed by atoms with Crippen LogP contribution in [0.2, 0.25) is 0 Å². The summed E-state index contributed by atoms with van der Waals surface area (Å²) in [4.78, 5) is 0. The van der Waals surface area contributed by atoms with Crippen LogP contribution in [0.15, 0.2) is 0 Å². The number of rotatable bonds is 2. The Balaban J connectivity index is 1.76. The molecule has 0 aliphatic heterocycles. The first-order valence-corrected chi connectivity index (χ1v) is 4.63. The summed E-state index contributed by atoms with van der Waals surface area (Å²) in [6.07, 6.45) is 3.30. The van der Waals surface area contributed by atoms with Gasteiger partial charge in [0.1, 0.15) is 0 Å². The molecule has 0 unspecified atom stereocenters. The summed E-state index contributed by atoms with van der Waals surface area (Å²) in [7, 11) is 0. The highest BCUT2D eigenvalue weighted by Crippen LogP contribution is 2.64. The maximum Gasteiger partial charge on any atom is 0.249 e. The second-order valence-corrected chi connectivity index (χ2v) is 4.56. The molecule has 0 aromatic rings. The molecule has 2 aliphatic rings. The maximum atomic E-state index is 12.5. The lowest BCUT2D eigenvalue weighted by atomic mass is 9.50. The van der Waals surface area contributed by atoms with Crippen LogP contribution in [-0.4, -0.2) is 12.5 Å². The van der Waals surface area contributed by atoms with Crippen LogP contribution >= 0.6 is 0 Å². The van der Waals surface area contributed by atoms with Crippen LogP contribution in [0.25, 0.3) is 0 Å². The van der Waals surface area contributed by atoms with E-state index >= 15 is 0 Å². The van der Waals surface area contributed by atoms with Crippen molar-refractivity contribution in [2.45, 2.75) is 38.0 Å². The van der Waals surface area contributed by atoms with Crippen molar-refractivity contribution >= 4 is 0 Å². The molecule has 70 valence electrons. The quantitative estimate of drug-likeness (QED) is 0.683. The molecule has 0 aromatic heterocycles. The standard InChI is InChI=1S/C9H15F2N/c10-9(11)5-8(6-9)3-7(4-8)1-2-12/h7H,1-6,12H2. The molecule has 2 rings (SSSR count). The van der Waals surface area contributed by atoms with E-state index in [1.807, 2.05) is 0 Å². The van der Waals surface area contributed by atoms with Crippen LogP contribution in [0.4, 0.5) is 8.78 Å². The van der Waals surface area contributed by atoms with Gasteiger partial charge in [-0.3, -0.25) is 0 Å². The lowest BCUT2D eigenvalue weighted by Crippen LogP contribution is -2.53. The monoisotopic (exact) mass is 175 g/mol. The van der Waals surface area contributed by atoms with Crippen molar-refractivity contribution < 1.29 is 8.78 Å². The number of alkyl halides is 2. The summed E-state index contributed by atoms with van der Waals surface area (Å²) in [6, 6.07) is 0. The Kier molecular flexibility index (Phi) is 1.69. The van der Waals surface area contributed by atoms with Gasteiger partial charge in [0.15, 0.2) is 0 Å². The van der Waals surface area contributed by atoms with Gasteiger partial charge in [0.2, 0.25) is 5.92 Å². The molecule has 0 heterocycles. The normalized spacial score (nSPS) is 31.2. The molecule has 0 bridgehead atoms. The summed E-state index contributed by atoms with van der Waals surface area (Å²) in [6.45, 7) is 0.705. The maximum absolute atomic E-state index is 12.5. The summed E-state index contributed by atoms with van der Waals surface area (Å²) in [5.41, 5.74) is 5.44. The molecule has 1 spiro atoms. The molecule has 2 aliphatic carbocycles. The van der Waals surface area contributed by atoms with E-state index in [-0.39, 0.29) is 18.3 Å². The molecule has 2 N–H and O–H groups in total. The largest absolute Gasteiger partial charge is 0.330 e. The van der Waals surface area contributed by atoms with E-state index < -0.39 is 5.92 Å². The number of hydrogen-bond acceptors (Lipinski definition) is 1. The highest BCUT2D eigenvalue weighted by molar-refractivity contribution is 5.06. The molecule has 0 saturated heterocycles. The summed E-state index contributed by atoms with van der Waals surface area (Å²) in [5.74, 6) is -1.70. The fourth-order valence-corrected chi connectivity index (χ4v) is 2.94. The number of halogens is 2. The molecule has 12 heavy (non-hydrogen) atoms. The van der Waals surface area contributed by atoms with Crippen LogP contribution in [0.1, 0.15) is 32.1 Å². The van der Waals surface area contributed by atoms with Crippen LogP contribution in [-0.2, 0) is 0 Å². The van der Waals surface area contributed by atoms with E-state index in [4.69, 9.17) is 5.73 Å².